The molecule has 0 heterocycles. The minimum Gasteiger partial charge on any atom is -0.426 e. The molecule has 2 nitrogen and oxygen atoms in total. The highest BCUT2D eigenvalue weighted by Crippen LogP contribution is 2.26. The predicted molar refractivity (Wildman–Crippen MR) is 58.9 cm³/mol. The number of carbonyl (C=O) groups excluding carboxylic acids is 1. The monoisotopic (exact) mass is 204 g/mol. The second-order valence-corrected chi connectivity index (χ2v) is 4.36. The number of benzene rings is 1. The second kappa shape index (κ2) is 4.05. The lowest BCUT2D eigenvalue weighted by atomic mass is 10.1. The summed E-state index contributed by atoms with van der Waals surface area (Å²) in [5, 5.41) is 0. The van der Waals surface area contributed by atoms with Crippen LogP contribution in [-0.4, -0.2) is 5.97 Å². The van der Waals surface area contributed by atoms with Crippen molar-refractivity contribution >= 4 is 5.97 Å². The molecular formula is C13H16O2. The molecule has 0 bridgehead atoms. The van der Waals surface area contributed by atoms with Gasteiger partial charge in [0, 0.05) is 0 Å². The van der Waals surface area contributed by atoms with Crippen molar-refractivity contribution in [3.8, 4) is 5.75 Å². The highest BCUT2D eigenvalue weighted by molar-refractivity contribution is 5.74. The van der Waals surface area contributed by atoms with Crippen molar-refractivity contribution in [1.82, 2.24) is 0 Å². The number of hydrogen-bond donors (Lipinski definition) is 0. The fourth-order valence-corrected chi connectivity index (χ4v) is 1.85. The zero-order chi connectivity index (χ0) is 10.8. The van der Waals surface area contributed by atoms with Gasteiger partial charge in [-0.3, -0.25) is 4.79 Å². The number of hydrogen-bond acceptors (Lipinski definition) is 2. The molecule has 0 atom stereocenters. The number of rotatable bonds is 2. The normalized spacial score (nSPS) is 14.1. The molecule has 0 fully saturated rings. The van der Waals surface area contributed by atoms with Crippen LogP contribution in [0.3, 0.4) is 0 Å². The molecule has 1 aromatic rings. The summed E-state index contributed by atoms with van der Waals surface area (Å²) < 4.78 is 5.26. The summed E-state index contributed by atoms with van der Waals surface area (Å²) in [6.45, 7) is 3.69. The molecule has 1 aliphatic rings. The Hall–Kier alpha value is -1.31. The van der Waals surface area contributed by atoms with Gasteiger partial charge < -0.3 is 4.74 Å². The maximum Gasteiger partial charge on any atom is 0.313 e. The molecule has 2 heteroatoms. The van der Waals surface area contributed by atoms with Crippen molar-refractivity contribution in [2.75, 3.05) is 0 Å². The molecule has 80 valence electrons. The van der Waals surface area contributed by atoms with Gasteiger partial charge in [-0.05, 0) is 42.5 Å². The van der Waals surface area contributed by atoms with E-state index in [1.165, 1.54) is 17.5 Å². The maximum atomic E-state index is 11.4. The van der Waals surface area contributed by atoms with Crippen molar-refractivity contribution in [2.45, 2.75) is 33.1 Å². The van der Waals surface area contributed by atoms with Gasteiger partial charge in [0.05, 0.1) is 5.92 Å². The van der Waals surface area contributed by atoms with E-state index >= 15 is 0 Å². The first-order chi connectivity index (χ1) is 7.16. The first-order valence-corrected chi connectivity index (χ1v) is 5.50. The number of fused-ring (bicyclic) bond motifs is 1. The Morgan fingerprint density at radius 2 is 2.00 bits per heavy atom. The van der Waals surface area contributed by atoms with Gasteiger partial charge in [0.25, 0.3) is 0 Å². The molecule has 0 unspecified atom stereocenters. The Bertz CT molecular complexity index is 380. The van der Waals surface area contributed by atoms with E-state index in [9.17, 15) is 4.79 Å². The molecule has 0 aliphatic heterocycles. The lowest BCUT2D eigenvalue weighted by Crippen LogP contribution is -2.14. The molecule has 0 spiro atoms. The Morgan fingerprint density at radius 1 is 1.27 bits per heavy atom. The summed E-state index contributed by atoms with van der Waals surface area (Å²) in [7, 11) is 0. The summed E-state index contributed by atoms with van der Waals surface area (Å²) in [5.41, 5.74) is 2.74. The first kappa shape index (κ1) is 10.2. The van der Waals surface area contributed by atoms with Crippen LogP contribution < -0.4 is 4.74 Å². The molecule has 0 saturated carbocycles. The third kappa shape index (κ3) is 2.20. The van der Waals surface area contributed by atoms with Gasteiger partial charge >= 0.3 is 5.97 Å². The van der Waals surface area contributed by atoms with Crippen LogP contribution in [0.5, 0.6) is 5.75 Å². The van der Waals surface area contributed by atoms with Gasteiger partial charge in [-0.2, -0.15) is 0 Å². The van der Waals surface area contributed by atoms with E-state index in [1.54, 1.807) is 0 Å². The van der Waals surface area contributed by atoms with Gasteiger partial charge in [-0.25, -0.2) is 0 Å². The van der Waals surface area contributed by atoms with Gasteiger partial charge in [0.2, 0.25) is 0 Å². The molecule has 0 saturated heterocycles. The molecule has 0 N–H and O–H groups in total. The average molecular weight is 204 g/mol. The van der Waals surface area contributed by atoms with Crippen LogP contribution in [0.2, 0.25) is 0 Å². The number of aryl methyl sites for hydroxylation is 2. The van der Waals surface area contributed by atoms with Crippen molar-refractivity contribution in [2.24, 2.45) is 5.92 Å². The summed E-state index contributed by atoms with van der Waals surface area (Å²) in [6.07, 6.45) is 3.49. The first-order valence-electron chi connectivity index (χ1n) is 5.50. The topological polar surface area (TPSA) is 26.3 Å². The number of carbonyl (C=O) groups is 1. The van der Waals surface area contributed by atoms with Gasteiger partial charge in [0.15, 0.2) is 0 Å². The third-order valence-electron chi connectivity index (χ3n) is 2.76. The van der Waals surface area contributed by atoms with E-state index in [4.69, 9.17) is 4.74 Å². The lowest BCUT2D eigenvalue weighted by molar-refractivity contribution is -0.137. The van der Waals surface area contributed by atoms with E-state index in [2.05, 4.69) is 6.07 Å². The Balaban J connectivity index is 2.13. The molecule has 0 amide bonds. The van der Waals surface area contributed by atoms with Crippen LogP contribution >= 0.6 is 0 Å². The minimum atomic E-state index is -0.159. The lowest BCUT2D eigenvalue weighted by Gasteiger charge is -2.08. The van der Waals surface area contributed by atoms with Gasteiger partial charge in [-0.15, -0.1) is 0 Å². The number of ether oxygens (including phenoxy) is 1. The second-order valence-electron chi connectivity index (χ2n) is 4.36. The zero-order valence-corrected chi connectivity index (χ0v) is 9.25. The largest absolute Gasteiger partial charge is 0.426 e. The molecule has 0 aromatic heterocycles. The van der Waals surface area contributed by atoms with Gasteiger partial charge in [-0.1, -0.05) is 19.9 Å². The quantitative estimate of drug-likeness (QED) is 0.547. The van der Waals surface area contributed by atoms with Crippen LogP contribution in [0.25, 0.3) is 0 Å². The maximum absolute atomic E-state index is 11.4. The zero-order valence-electron chi connectivity index (χ0n) is 9.25. The Kier molecular flexibility index (Phi) is 2.76. The summed E-state index contributed by atoms with van der Waals surface area (Å²) in [5.74, 6) is 0.459. The van der Waals surface area contributed by atoms with E-state index in [0.717, 1.165) is 12.8 Å². The standard InChI is InChI=1S/C13H16O2/c1-9(2)13(14)15-12-7-6-10-4-3-5-11(10)8-12/h6-9H,3-5H2,1-2H3. The van der Waals surface area contributed by atoms with E-state index < -0.39 is 0 Å². The summed E-state index contributed by atoms with van der Waals surface area (Å²) in [6, 6.07) is 5.97. The average Bonchev–Trinajstić information content (AvgIpc) is 2.64. The smallest absolute Gasteiger partial charge is 0.313 e. The fourth-order valence-electron chi connectivity index (χ4n) is 1.85. The van der Waals surface area contributed by atoms with Crippen molar-refractivity contribution in [1.29, 1.82) is 0 Å². The van der Waals surface area contributed by atoms with Crippen molar-refractivity contribution < 1.29 is 9.53 Å². The van der Waals surface area contributed by atoms with Crippen LogP contribution in [0.1, 0.15) is 31.4 Å². The number of esters is 1. The Labute approximate surface area is 90.3 Å². The van der Waals surface area contributed by atoms with Crippen LogP contribution in [0.4, 0.5) is 0 Å². The highest BCUT2D eigenvalue weighted by atomic mass is 16.5. The van der Waals surface area contributed by atoms with E-state index in [1.807, 2.05) is 26.0 Å². The fraction of sp³-hybridized carbons (Fsp3) is 0.462. The third-order valence-corrected chi connectivity index (χ3v) is 2.76. The molecule has 1 aliphatic carbocycles. The van der Waals surface area contributed by atoms with Crippen LogP contribution in [0, 0.1) is 5.92 Å². The molecule has 1 aromatic carbocycles. The Morgan fingerprint density at radius 3 is 2.73 bits per heavy atom. The summed E-state index contributed by atoms with van der Waals surface area (Å²) in [4.78, 5) is 11.4. The SMILES string of the molecule is CC(C)C(=O)Oc1ccc2c(c1)CCC2. The molecule has 15 heavy (non-hydrogen) atoms. The van der Waals surface area contributed by atoms with Crippen LogP contribution in [0.15, 0.2) is 18.2 Å². The molecular weight excluding hydrogens is 188 g/mol. The molecule has 0 radical (unpaired) electrons. The highest BCUT2D eigenvalue weighted by Gasteiger charge is 2.14. The van der Waals surface area contributed by atoms with Crippen molar-refractivity contribution in [3.05, 3.63) is 29.3 Å². The van der Waals surface area contributed by atoms with Crippen molar-refractivity contribution in [3.63, 3.8) is 0 Å². The van der Waals surface area contributed by atoms with E-state index in [-0.39, 0.29) is 11.9 Å². The van der Waals surface area contributed by atoms with Gasteiger partial charge in [0.1, 0.15) is 5.75 Å². The van der Waals surface area contributed by atoms with Crippen LogP contribution in [-0.2, 0) is 17.6 Å². The molecule has 2 rings (SSSR count). The minimum absolute atomic E-state index is 0.0711. The predicted octanol–water partition coefficient (Wildman–Crippen LogP) is 2.74. The summed E-state index contributed by atoms with van der Waals surface area (Å²) >= 11 is 0. The van der Waals surface area contributed by atoms with E-state index in [0.29, 0.717) is 5.75 Å².